The minimum Gasteiger partial charge on any atom is -0.388 e. The number of nitrogens with one attached hydrogen (secondary N) is 1. The molecule has 0 aromatic carbocycles. The van der Waals surface area contributed by atoms with Crippen molar-refractivity contribution in [3.8, 4) is 0 Å². The molecule has 0 radical (unpaired) electrons. The first-order chi connectivity index (χ1) is 6.17. The van der Waals surface area contributed by atoms with Gasteiger partial charge in [-0.25, -0.2) is 0 Å². The number of carbonyl (C=O) groups is 1. The van der Waals surface area contributed by atoms with Crippen LogP contribution in [0.5, 0.6) is 0 Å². The van der Waals surface area contributed by atoms with Crippen molar-refractivity contribution >= 4 is 6.29 Å². The van der Waals surface area contributed by atoms with Crippen LogP contribution in [0.25, 0.3) is 0 Å². The van der Waals surface area contributed by atoms with Crippen molar-refractivity contribution in [2.75, 3.05) is 6.54 Å². The van der Waals surface area contributed by atoms with Gasteiger partial charge in [-0.15, -0.1) is 0 Å². The van der Waals surface area contributed by atoms with E-state index in [0.717, 1.165) is 25.7 Å². The molecule has 1 aliphatic rings. The monoisotopic (exact) mass is 185 g/mol. The van der Waals surface area contributed by atoms with Gasteiger partial charge < -0.3 is 15.2 Å². The van der Waals surface area contributed by atoms with E-state index in [1.807, 2.05) is 0 Å². The summed E-state index contributed by atoms with van der Waals surface area (Å²) in [6, 6.07) is 0.0835. The fourth-order valence-corrected chi connectivity index (χ4v) is 1.87. The van der Waals surface area contributed by atoms with Crippen LogP contribution in [0.2, 0.25) is 0 Å². The van der Waals surface area contributed by atoms with E-state index >= 15 is 0 Å². The van der Waals surface area contributed by atoms with Crippen molar-refractivity contribution in [3.05, 3.63) is 0 Å². The number of hydrogen-bond acceptors (Lipinski definition) is 3. The zero-order chi connectivity index (χ0) is 9.73. The molecular formula is C10H19NO2. The van der Waals surface area contributed by atoms with Crippen molar-refractivity contribution in [2.45, 2.75) is 50.7 Å². The van der Waals surface area contributed by atoms with Crippen molar-refractivity contribution < 1.29 is 9.90 Å². The standard InChI is InChI=1S/C10H19NO2/c1-10(13,6-8-12)9-5-3-2-4-7-11-9/h8-9,11,13H,2-7H2,1H3. The topological polar surface area (TPSA) is 49.3 Å². The number of carbonyl (C=O) groups excluding carboxylic acids is 1. The molecular weight excluding hydrogens is 166 g/mol. The van der Waals surface area contributed by atoms with E-state index in [9.17, 15) is 9.90 Å². The van der Waals surface area contributed by atoms with Gasteiger partial charge in [-0.05, 0) is 26.3 Å². The SMILES string of the molecule is CC(O)(CC=O)C1CCCCCN1. The molecule has 2 unspecified atom stereocenters. The van der Waals surface area contributed by atoms with Gasteiger partial charge in [0.25, 0.3) is 0 Å². The minimum atomic E-state index is -0.869. The second-order valence-electron chi connectivity index (χ2n) is 4.08. The minimum absolute atomic E-state index is 0.0835. The molecule has 1 aliphatic heterocycles. The summed E-state index contributed by atoms with van der Waals surface area (Å²) in [5.41, 5.74) is -0.869. The third kappa shape index (κ3) is 3.08. The van der Waals surface area contributed by atoms with E-state index in [-0.39, 0.29) is 12.5 Å². The first kappa shape index (κ1) is 10.7. The van der Waals surface area contributed by atoms with Crippen LogP contribution in [0, 0.1) is 0 Å². The summed E-state index contributed by atoms with van der Waals surface area (Å²) in [4.78, 5) is 10.4. The summed E-state index contributed by atoms with van der Waals surface area (Å²) < 4.78 is 0. The van der Waals surface area contributed by atoms with Crippen LogP contribution >= 0.6 is 0 Å². The van der Waals surface area contributed by atoms with Crippen LogP contribution in [0.4, 0.5) is 0 Å². The van der Waals surface area contributed by atoms with Gasteiger partial charge >= 0.3 is 0 Å². The molecule has 0 aliphatic carbocycles. The number of rotatable bonds is 3. The molecule has 0 bridgehead atoms. The Kier molecular flexibility index (Phi) is 3.88. The summed E-state index contributed by atoms with van der Waals surface area (Å²) in [5.74, 6) is 0. The number of aliphatic hydroxyl groups is 1. The van der Waals surface area contributed by atoms with Crippen LogP contribution in [0.3, 0.4) is 0 Å². The molecule has 1 fully saturated rings. The van der Waals surface area contributed by atoms with Gasteiger partial charge in [-0.3, -0.25) is 0 Å². The zero-order valence-electron chi connectivity index (χ0n) is 8.25. The second kappa shape index (κ2) is 4.72. The average Bonchev–Trinajstić information content (AvgIpc) is 2.31. The molecule has 76 valence electrons. The highest BCUT2D eigenvalue weighted by Gasteiger charge is 2.31. The molecule has 3 nitrogen and oxygen atoms in total. The number of hydrogen-bond donors (Lipinski definition) is 2. The highest BCUT2D eigenvalue weighted by molar-refractivity contribution is 5.51. The fraction of sp³-hybridized carbons (Fsp3) is 0.900. The van der Waals surface area contributed by atoms with Gasteiger partial charge in [0.05, 0.1) is 5.60 Å². The number of aldehydes is 1. The van der Waals surface area contributed by atoms with Gasteiger partial charge in [0.15, 0.2) is 0 Å². The van der Waals surface area contributed by atoms with Crippen molar-refractivity contribution in [2.24, 2.45) is 0 Å². The maximum Gasteiger partial charge on any atom is 0.122 e. The fourth-order valence-electron chi connectivity index (χ4n) is 1.87. The molecule has 2 atom stereocenters. The first-order valence-corrected chi connectivity index (χ1v) is 5.06. The molecule has 0 aromatic rings. The Hall–Kier alpha value is -0.410. The van der Waals surface area contributed by atoms with Crippen LogP contribution in [0.1, 0.15) is 39.0 Å². The molecule has 3 heteroatoms. The van der Waals surface area contributed by atoms with E-state index in [1.54, 1.807) is 6.92 Å². The highest BCUT2D eigenvalue weighted by atomic mass is 16.3. The van der Waals surface area contributed by atoms with Gasteiger partial charge in [0, 0.05) is 12.5 Å². The molecule has 0 spiro atoms. The van der Waals surface area contributed by atoms with Crippen LogP contribution in [-0.2, 0) is 4.79 Å². The highest BCUT2D eigenvalue weighted by Crippen LogP contribution is 2.20. The molecule has 0 amide bonds. The van der Waals surface area contributed by atoms with Gasteiger partial charge in [-0.1, -0.05) is 12.8 Å². The third-order valence-corrected chi connectivity index (χ3v) is 2.81. The van der Waals surface area contributed by atoms with Crippen molar-refractivity contribution in [3.63, 3.8) is 0 Å². The molecule has 1 heterocycles. The smallest absolute Gasteiger partial charge is 0.122 e. The lowest BCUT2D eigenvalue weighted by Crippen LogP contribution is -2.48. The normalized spacial score (nSPS) is 28.9. The molecule has 2 N–H and O–H groups in total. The van der Waals surface area contributed by atoms with E-state index < -0.39 is 5.60 Å². The van der Waals surface area contributed by atoms with Crippen LogP contribution < -0.4 is 5.32 Å². The summed E-state index contributed by atoms with van der Waals surface area (Å²) in [6.07, 6.45) is 5.54. The Morgan fingerprint density at radius 3 is 3.00 bits per heavy atom. The van der Waals surface area contributed by atoms with Gasteiger partial charge in [0.2, 0.25) is 0 Å². The largest absolute Gasteiger partial charge is 0.388 e. The molecule has 1 saturated heterocycles. The quantitative estimate of drug-likeness (QED) is 0.641. The molecule has 0 aromatic heterocycles. The summed E-state index contributed by atoms with van der Waals surface area (Å²) in [6.45, 7) is 2.70. The van der Waals surface area contributed by atoms with Crippen molar-refractivity contribution in [1.82, 2.24) is 5.32 Å². The Morgan fingerprint density at radius 2 is 2.31 bits per heavy atom. The van der Waals surface area contributed by atoms with Crippen molar-refractivity contribution in [1.29, 1.82) is 0 Å². The van der Waals surface area contributed by atoms with E-state index in [2.05, 4.69) is 5.32 Å². The Bertz CT molecular complexity index is 160. The Morgan fingerprint density at radius 1 is 1.54 bits per heavy atom. The molecule has 1 rings (SSSR count). The lowest BCUT2D eigenvalue weighted by molar-refractivity contribution is -0.112. The van der Waals surface area contributed by atoms with E-state index in [0.29, 0.717) is 0 Å². The van der Waals surface area contributed by atoms with Gasteiger partial charge in [0.1, 0.15) is 6.29 Å². The first-order valence-electron chi connectivity index (χ1n) is 5.06. The summed E-state index contributed by atoms with van der Waals surface area (Å²) >= 11 is 0. The molecule has 0 saturated carbocycles. The zero-order valence-corrected chi connectivity index (χ0v) is 8.25. The second-order valence-corrected chi connectivity index (χ2v) is 4.08. The van der Waals surface area contributed by atoms with Gasteiger partial charge in [-0.2, -0.15) is 0 Å². The summed E-state index contributed by atoms with van der Waals surface area (Å²) in [7, 11) is 0. The predicted octanol–water partition coefficient (Wildman–Crippen LogP) is 0.859. The third-order valence-electron chi connectivity index (χ3n) is 2.81. The molecule has 13 heavy (non-hydrogen) atoms. The lowest BCUT2D eigenvalue weighted by atomic mass is 9.90. The Balaban J connectivity index is 2.50. The maximum atomic E-state index is 10.4. The average molecular weight is 185 g/mol. The maximum absolute atomic E-state index is 10.4. The van der Waals surface area contributed by atoms with Crippen LogP contribution in [-0.4, -0.2) is 29.6 Å². The van der Waals surface area contributed by atoms with Crippen LogP contribution in [0.15, 0.2) is 0 Å². The van der Waals surface area contributed by atoms with E-state index in [4.69, 9.17) is 0 Å². The Labute approximate surface area is 79.5 Å². The van der Waals surface area contributed by atoms with E-state index in [1.165, 1.54) is 12.8 Å². The lowest BCUT2D eigenvalue weighted by Gasteiger charge is -2.31. The predicted molar refractivity (Wildman–Crippen MR) is 51.6 cm³/mol. The summed E-state index contributed by atoms with van der Waals surface area (Å²) in [5, 5.41) is 13.3.